The van der Waals surface area contributed by atoms with Gasteiger partial charge in [0.05, 0.1) is 5.52 Å². The predicted octanol–water partition coefficient (Wildman–Crippen LogP) is 3.93. The smallest absolute Gasteiger partial charge is 0.0705 e. The Morgan fingerprint density at radius 3 is 2.67 bits per heavy atom. The molecule has 1 aromatic heterocycles. The van der Waals surface area contributed by atoms with Gasteiger partial charge in [0, 0.05) is 17.6 Å². The number of nitrogens with one attached hydrogen (secondary N) is 1. The molecule has 1 N–H and O–H groups in total. The summed E-state index contributed by atoms with van der Waals surface area (Å²) < 4.78 is 0. The zero-order chi connectivity index (χ0) is 13.0. The van der Waals surface area contributed by atoms with Crippen LogP contribution in [0.2, 0.25) is 0 Å². The van der Waals surface area contributed by atoms with Crippen molar-refractivity contribution in [2.75, 3.05) is 6.54 Å². The number of aromatic nitrogens is 1. The lowest BCUT2D eigenvalue weighted by atomic mass is 9.93. The summed E-state index contributed by atoms with van der Waals surface area (Å²) in [6, 6.07) is 10.9. The first-order valence-electron chi connectivity index (χ1n) is 6.81. The lowest BCUT2D eigenvalue weighted by Crippen LogP contribution is -2.26. The zero-order valence-corrected chi connectivity index (χ0v) is 11.5. The minimum Gasteiger partial charge on any atom is -0.310 e. The molecule has 2 nitrogen and oxygen atoms in total. The van der Waals surface area contributed by atoms with E-state index in [1.165, 1.54) is 10.9 Å². The summed E-state index contributed by atoms with van der Waals surface area (Å²) in [5, 5.41) is 4.92. The highest BCUT2D eigenvalue weighted by Crippen LogP contribution is 2.27. The number of para-hydroxylation sites is 1. The molecule has 1 unspecified atom stereocenters. The van der Waals surface area contributed by atoms with Crippen molar-refractivity contribution in [2.24, 2.45) is 5.92 Å². The summed E-state index contributed by atoms with van der Waals surface area (Å²) in [6.45, 7) is 7.79. The van der Waals surface area contributed by atoms with E-state index in [2.05, 4.69) is 55.3 Å². The lowest BCUT2D eigenvalue weighted by molar-refractivity contribution is 0.415. The molecule has 2 rings (SSSR count). The molecule has 0 aliphatic carbocycles. The van der Waals surface area contributed by atoms with Gasteiger partial charge in [0.2, 0.25) is 0 Å². The van der Waals surface area contributed by atoms with Crippen LogP contribution < -0.4 is 5.32 Å². The number of fused-ring (bicyclic) bond motifs is 1. The van der Waals surface area contributed by atoms with Crippen LogP contribution in [0.3, 0.4) is 0 Å². The van der Waals surface area contributed by atoms with Crippen LogP contribution in [0.25, 0.3) is 10.9 Å². The van der Waals surface area contributed by atoms with Crippen LogP contribution >= 0.6 is 0 Å². The monoisotopic (exact) mass is 242 g/mol. The van der Waals surface area contributed by atoms with Crippen molar-refractivity contribution in [1.82, 2.24) is 10.3 Å². The molecule has 0 amide bonds. The average molecular weight is 242 g/mol. The molecule has 2 aromatic rings. The Balaban J connectivity index is 2.43. The van der Waals surface area contributed by atoms with E-state index in [0.717, 1.165) is 18.5 Å². The van der Waals surface area contributed by atoms with Gasteiger partial charge in [0.25, 0.3) is 0 Å². The van der Waals surface area contributed by atoms with E-state index in [9.17, 15) is 0 Å². The molecule has 0 aliphatic heterocycles. The molecule has 2 heteroatoms. The SMILES string of the molecule is CCCNC(c1ccnc2ccccc12)C(C)C. The summed E-state index contributed by atoms with van der Waals surface area (Å²) in [6.07, 6.45) is 3.08. The molecule has 0 bridgehead atoms. The molecule has 1 aromatic carbocycles. The summed E-state index contributed by atoms with van der Waals surface area (Å²) in [5.41, 5.74) is 2.45. The van der Waals surface area contributed by atoms with E-state index < -0.39 is 0 Å². The van der Waals surface area contributed by atoms with Gasteiger partial charge in [-0.05, 0) is 36.6 Å². The zero-order valence-electron chi connectivity index (χ0n) is 11.5. The molecule has 0 saturated heterocycles. The first-order chi connectivity index (χ1) is 8.74. The maximum absolute atomic E-state index is 4.44. The second-order valence-electron chi connectivity index (χ2n) is 5.09. The molecule has 0 spiro atoms. The molecule has 0 aliphatic rings. The summed E-state index contributed by atoms with van der Waals surface area (Å²) >= 11 is 0. The second kappa shape index (κ2) is 5.96. The van der Waals surface area contributed by atoms with Gasteiger partial charge >= 0.3 is 0 Å². The van der Waals surface area contributed by atoms with Gasteiger partial charge in [-0.1, -0.05) is 39.0 Å². The van der Waals surface area contributed by atoms with Crippen LogP contribution in [0, 0.1) is 5.92 Å². The van der Waals surface area contributed by atoms with E-state index in [1.54, 1.807) is 0 Å². The molecule has 0 radical (unpaired) electrons. The number of rotatable bonds is 5. The Bertz CT molecular complexity index is 500. The van der Waals surface area contributed by atoms with Gasteiger partial charge < -0.3 is 5.32 Å². The summed E-state index contributed by atoms with van der Waals surface area (Å²) in [7, 11) is 0. The van der Waals surface area contributed by atoms with Crippen molar-refractivity contribution in [3.63, 3.8) is 0 Å². The van der Waals surface area contributed by atoms with E-state index in [4.69, 9.17) is 0 Å². The topological polar surface area (TPSA) is 24.9 Å². The van der Waals surface area contributed by atoms with Crippen LogP contribution in [-0.4, -0.2) is 11.5 Å². The largest absolute Gasteiger partial charge is 0.310 e. The van der Waals surface area contributed by atoms with Crippen molar-refractivity contribution in [1.29, 1.82) is 0 Å². The molecular formula is C16H22N2. The average Bonchev–Trinajstić information content (AvgIpc) is 2.39. The molecular weight excluding hydrogens is 220 g/mol. The van der Waals surface area contributed by atoms with Crippen molar-refractivity contribution >= 4 is 10.9 Å². The Kier molecular flexibility index (Phi) is 4.32. The standard InChI is InChI=1S/C16H22N2/c1-4-10-18-16(12(2)3)14-9-11-17-15-8-6-5-7-13(14)15/h5-9,11-12,16,18H,4,10H2,1-3H3. The van der Waals surface area contributed by atoms with Crippen molar-refractivity contribution in [2.45, 2.75) is 33.2 Å². The maximum Gasteiger partial charge on any atom is 0.0705 e. The third-order valence-electron chi connectivity index (χ3n) is 3.30. The van der Waals surface area contributed by atoms with Crippen molar-refractivity contribution in [3.8, 4) is 0 Å². The Hall–Kier alpha value is -1.41. The Labute approximate surface area is 109 Å². The maximum atomic E-state index is 4.44. The minimum absolute atomic E-state index is 0.401. The molecule has 0 fully saturated rings. The third kappa shape index (κ3) is 2.70. The predicted molar refractivity (Wildman–Crippen MR) is 77.6 cm³/mol. The second-order valence-corrected chi connectivity index (χ2v) is 5.09. The number of pyridine rings is 1. The minimum atomic E-state index is 0.401. The van der Waals surface area contributed by atoms with Crippen molar-refractivity contribution in [3.05, 3.63) is 42.1 Å². The first-order valence-corrected chi connectivity index (χ1v) is 6.81. The normalized spacial score (nSPS) is 13.1. The van der Waals surface area contributed by atoms with E-state index >= 15 is 0 Å². The highest BCUT2D eigenvalue weighted by Gasteiger charge is 2.17. The lowest BCUT2D eigenvalue weighted by Gasteiger charge is -2.24. The number of hydrogen-bond donors (Lipinski definition) is 1. The number of benzene rings is 1. The number of hydrogen-bond acceptors (Lipinski definition) is 2. The molecule has 1 heterocycles. The van der Waals surface area contributed by atoms with Crippen LogP contribution in [-0.2, 0) is 0 Å². The fourth-order valence-electron chi connectivity index (χ4n) is 2.39. The third-order valence-corrected chi connectivity index (χ3v) is 3.30. The fraction of sp³-hybridized carbons (Fsp3) is 0.438. The van der Waals surface area contributed by atoms with Gasteiger partial charge in [0.15, 0.2) is 0 Å². The summed E-state index contributed by atoms with van der Waals surface area (Å²) in [4.78, 5) is 4.44. The van der Waals surface area contributed by atoms with Crippen LogP contribution in [0.1, 0.15) is 38.8 Å². The Morgan fingerprint density at radius 2 is 1.94 bits per heavy atom. The first kappa shape index (κ1) is 13.0. The van der Waals surface area contributed by atoms with Gasteiger partial charge in [-0.3, -0.25) is 4.98 Å². The van der Waals surface area contributed by atoms with E-state index in [-0.39, 0.29) is 0 Å². The van der Waals surface area contributed by atoms with E-state index in [1.807, 2.05) is 12.3 Å². The van der Waals surface area contributed by atoms with Gasteiger partial charge in [-0.25, -0.2) is 0 Å². The number of nitrogens with zero attached hydrogens (tertiary/aromatic N) is 1. The molecule has 96 valence electrons. The van der Waals surface area contributed by atoms with Gasteiger partial charge in [0.1, 0.15) is 0 Å². The fourth-order valence-corrected chi connectivity index (χ4v) is 2.39. The molecule has 1 atom stereocenters. The van der Waals surface area contributed by atoms with Crippen molar-refractivity contribution < 1.29 is 0 Å². The summed E-state index contributed by atoms with van der Waals surface area (Å²) in [5.74, 6) is 0.572. The van der Waals surface area contributed by atoms with E-state index in [0.29, 0.717) is 12.0 Å². The van der Waals surface area contributed by atoms with Gasteiger partial charge in [-0.15, -0.1) is 0 Å². The highest BCUT2D eigenvalue weighted by atomic mass is 14.9. The quantitative estimate of drug-likeness (QED) is 0.859. The van der Waals surface area contributed by atoms with Crippen LogP contribution in [0.15, 0.2) is 36.5 Å². The Morgan fingerprint density at radius 1 is 1.17 bits per heavy atom. The van der Waals surface area contributed by atoms with Gasteiger partial charge in [-0.2, -0.15) is 0 Å². The highest BCUT2D eigenvalue weighted by molar-refractivity contribution is 5.82. The molecule has 0 saturated carbocycles. The van der Waals surface area contributed by atoms with Crippen LogP contribution in [0.4, 0.5) is 0 Å². The molecule has 18 heavy (non-hydrogen) atoms. The van der Waals surface area contributed by atoms with Crippen LogP contribution in [0.5, 0.6) is 0 Å².